The van der Waals surface area contributed by atoms with Gasteiger partial charge in [-0.15, -0.1) is 11.8 Å². The van der Waals surface area contributed by atoms with Crippen molar-refractivity contribution in [2.75, 3.05) is 19.6 Å². The first-order valence-electron chi connectivity index (χ1n) is 12.7. The molecular weight excluding hydrogens is 432 g/mol. The molecule has 4 rings (SSSR count). The maximum atomic E-state index is 13.7. The lowest BCUT2D eigenvalue weighted by atomic mass is 9.84. The van der Waals surface area contributed by atoms with Gasteiger partial charge >= 0.3 is 0 Å². The highest BCUT2D eigenvalue weighted by atomic mass is 32.2. The van der Waals surface area contributed by atoms with Crippen LogP contribution in [0.2, 0.25) is 0 Å². The van der Waals surface area contributed by atoms with Gasteiger partial charge in [0.1, 0.15) is 17.8 Å². The van der Waals surface area contributed by atoms with Gasteiger partial charge in [-0.05, 0) is 95.1 Å². The molecule has 0 bridgehead atoms. The quantitative estimate of drug-likeness (QED) is 0.373. The van der Waals surface area contributed by atoms with Crippen LogP contribution in [0.15, 0.2) is 0 Å². The number of carbonyl (C=O) groups excluding carboxylic acids is 1. The van der Waals surface area contributed by atoms with Crippen LogP contribution in [-0.4, -0.2) is 54.8 Å². The Morgan fingerprint density at radius 1 is 0.969 bits per heavy atom. The van der Waals surface area contributed by atoms with Crippen molar-refractivity contribution >= 4 is 17.7 Å². The fourth-order valence-electron chi connectivity index (χ4n) is 5.71. The van der Waals surface area contributed by atoms with E-state index in [2.05, 4.69) is 26.8 Å². The molecule has 0 aromatic heterocycles. The molecule has 5 N–H and O–H groups in total. The summed E-state index contributed by atoms with van der Waals surface area (Å²) < 4.78 is 27.2. The highest BCUT2D eigenvalue weighted by molar-refractivity contribution is 8.00. The van der Waals surface area contributed by atoms with Crippen LogP contribution in [0.5, 0.6) is 0 Å². The van der Waals surface area contributed by atoms with Crippen LogP contribution < -0.4 is 26.8 Å². The molecule has 1 amide bonds. The van der Waals surface area contributed by atoms with Gasteiger partial charge in [0, 0.05) is 18.2 Å². The molecule has 184 valence electrons. The van der Waals surface area contributed by atoms with E-state index in [0.29, 0.717) is 49.9 Å². The smallest absolute Gasteiger partial charge is 0.221 e. The minimum atomic E-state index is -0.691. The van der Waals surface area contributed by atoms with Crippen LogP contribution >= 0.6 is 11.8 Å². The number of rotatable bonds is 8. The summed E-state index contributed by atoms with van der Waals surface area (Å²) >= 11 is 1.76. The van der Waals surface area contributed by atoms with E-state index in [9.17, 15) is 13.6 Å². The lowest BCUT2D eigenvalue weighted by Gasteiger charge is -2.33. The molecule has 2 heterocycles. The predicted octanol–water partition coefficient (Wildman–Crippen LogP) is 2.96. The Morgan fingerprint density at radius 3 is 2.38 bits per heavy atom. The summed E-state index contributed by atoms with van der Waals surface area (Å²) in [5, 5.41) is 10.3. The third kappa shape index (κ3) is 7.26. The first kappa shape index (κ1) is 24.6. The Kier molecular flexibility index (Phi) is 9.46. The van der Waals surface area contributed by atoms with Crippen molar-refractivity contribution in [1.82, 2.24) is 26.8 Å². The molecule has 0 spiro atoms. The maximum absolute atomic E-state index is 13.7. The number of carbonyl (C=O) groups is 1. The molecule has 32 heavy (non-hydrogen) atoms. The topological polar surface area (TPSA) is 77.2 Å². The molecule has 2 saturated heterocycles. The first-order valence-corrected chi connectivity index (χ1v) is 13.7. The zero-order chi connectivity index (χ0) is 22.3. The van der Waals surface area contributed by atoms with Crippen molar-refractivity contribution in [3.05, 3.63) is 0 Å². The SMILES string of the molecule is O=C(CC(SC1NNC(C2CCC(F)CC2)N1)C1CCC(F)CC1)NCC1CCCNC1. The summed E-state index contributed by atoms with van der Waals surface area (Å²) in [5.74, 6) is 1.41. The van der Waals surface area contributed by atoms with Gasteiger partial charge in [0.05, 0.1) is 6.17 Å². The summed E-state index contributed by atoms with van der Waals surface area (Å²) in [7, 11) is 0. The van der Waals surface area contributed by atoms with Crippen molar-refractivity contribution in [2.24, 2.45) is 17.8 Å². The van der Waals surface area contributed by atoms with E-state index in [1.54, 1.807) is 11.8 Å². The minimum absolute atomic E-state index is 0.00606. The van der Waals surface area contributed by atoms with Crippen molar-refractivity contribution in [3.8, 4) is 0 Å². The lowest BCUT2D eigenvalue weighted by Crippen LogP contribution is -2.42. The normalized spacial score (nSPS) is 39.5. The fourth-order valence-corrected chi connectivity index (χ4v) is 7.17. The molecule has 0 aromatic rings. The van der Waals surface area contributed by atoms with Crippen LogP contribution in [0, 0.1) is 17.8 Å². The van der Waals surface area contributed by atoms with Crippen LogP contribution in [0.1, 0.15) is 70.6 Å². The molecular formula is C23H41F2N5OS. The van der Waals surface area contributed by atoms with E-state index in [1.165, 1.54) is 12.8 Å². The number of alkyl halides is 2. The Morgan fingerprint density at radius 2 is 1.69 bits per heavy atom. The number of hydrazine groups is 1. The molecule has 2 aliphatic carbocycles. The van der Waals surface area contributed by atoms with Crippen molar-refractivity contribution in [3.63, 3.8) is 0 Å². The molecule has 0 aromatic carbocycles. The number of halogens is 2. The van der Waals surface area contributed by atoms with E-state index < -0.39 is 12.3 Å². The number of nitrogens with one attached hydrogen (secondary N) is 5. The third-order valence-electron chi connectivity index (χ3n) is 7.79. The Hall–Kier alpha value is -0.480. The largest absolute Gasteiger partial charge is 0.356 e. The maximum Gasteiger partial charge on any atom is 0.221 e. The van der Waals surface area contributed by atoms with Crippen molar-refractivity contribution in [1.29, 1.82) is 0 Å². The average Bonchev–Trinajstić information content (AvgIpc) is 3.27. The molecule has 6 nitrogen and oxygen atoms in total. The van der Waals surface area contributed by atoms with Crippen LogP contribution in [0.25, 0.3) is 0 Å². The van der Waals surface area contributed by atoms with Crippen LogP contribution in [-0.2, 0) is 4.79 Å². The van der Waals surface area contributed by atoms with Gasteiger partial charge in [-0.2, -0.15) is 0 Å². The molecule has 4 fully saturated rings. The van der Waals surface area contributed by atoms with Gasteiger partial charge in [-0.25, -0.2) is 19.6 Å². The summed E-state index contributed by atoms with van der Waals surface area (Å²) in [6, 6.07) is 0. The zero-order valence-electron chi connectivity index (χ0n) is 19.1. The fraction of sp³-hybridized carbons (Fsp3) is 0.957. The van der Waals surface area contributed by atoms with Gasteiger partial charge in [0.2, 0.25) is 5.91 Å². The average molecular weight is 474 g/mol. The molecule has 2 aliphatic heterocycles. The van der Waals surface area contributed by atoms with Crippen LogP contribution in [0.3, 0.4) is 0 Å². The number of thioether (sulfide) groups is 1. The van der Waals surface area contributed by atoms with Gasteiger partial charge in [0.15, 0.2) is 0 Å². The lowest BCUT2D eigenvalue weighted by molar-refractivity contribution is -0.121. The summed E-state index contributed by atoms with van der Waals surface area (Å²) in [6.45, 7) is 2.79. The standard InChI is InChI=1S/C23H41F2N5OS/c24-18-7-3-16(4-8-18)20(12-21(31)27-14-15-2-1-11-26-13-15)32-23-28-22(29-30-23)17-5-9-19(25)10-6-17/h15-20,22-23,26,28-30H,1-14H2,(H,27,31). The van der Waals surface area contributed by atoms with Gasteiger partial charge < -0.3 is 10.6 Å². The predicted molar refractivity (Wildman–Crippen MR) is 125 cm³/mol. The minimum Gasteiger partial charge on any atom is -0.356 e. The first-order chi connectivity index (χ1) is 15.6. The summed E-state index contributed by atoms with van der Waals surface area (Å²) in [4.78, 5) is 12.8. The third-order valence-corrected chi connectivity index (χ3v) is 9.21. The monoisotopic (exact) mass is 473 g/mol. The molecule has 9 heteroatoms. The Labute approximate surface area is 195 Å². The molecule has 4 atom stereocenters. The number of hydrogen-bond donors (Lipinski definition) is 5. The van der Waals surface area contributed by atoms with E-state index in [4.69, 9.17) is 0 Å². The van der Waals surface area contributed by atoms with E-state index in [1.807, 2.05) is 0 Å². The zero-order valence-corrected chi connectivity index (χ0v) is 19.9. The van der Waals surface area contributed by atoms with E-state index >= 15 is 0 Å². The summed E-state index contributed by atoms with van der Waals surface area (Å²) in [5.41, 5.74) is 6.71. The highest BCUT2D eigenvalue weighted by Gasteiger charge is 2.36. The molecule has 0 radical (unpaired) electrons. The molecule has 4 aliphatic rings. The van der Waals surface area contributed by atoms with Crippen molar-refractivity contribution in [2.45, 2.75) is 99.9 Å². The Bertz CT molecular complexity index is 581. The van der Waals surface area contributed by atoms with Crippen molar-refractivity contribution < 1.29 is 13.6 Å². The highest BCUT2D eigenvalue weighted by Crippen LogP contribution is 2.37. The van der Waals surface area contributed by atoms with E-state index in [0.717, 1.165) is 45.3 Å². The second-order valence-corrected chi connectivity index (χ2v) is 11.6. The number of amides is 1. The van der Waals surface area contributed by atoms with E-state index in [-0.39, 0.29) is 22.8 Å². The van der Waals surface area contributed by atoms with Gasteiger partial charge in [-0.3, -0.25) is 10.1 Å². The second kappa shape index (κ2) is 12.3. The Balaban J connectivity index is 1.27. The molecule has 4 unspecified atom stereocenters. The second-order valence-electron chi connectivity index (χ2n) is 10.2. The van der Waals surface area contributed by atoms with Crippen LogP contribution in [0.4, 0.5) is 8.78 Å². The molecule has 2 saturated carbocycles. The van der Waals surface area contributed by atoms with Gasteiger partial charge in [-0.1, -0.05) is 0 Å². The number of hydrogen-bond acceptors (Lipinski definition) is 6. The number of piperidine rings is 1. The van der Waals surface area contributed by atoms with Gasteiger partial charge in [0.25, 0.3) is 0 Å². The summed E-state index contributed by atoms with van der Waals surface area (Å²) in [6.07, 6.45) is 7.61.